The molecule has 0 radical (unpaired) electrons. The molecule has 1 heterocycles. The standard InChI is InChI=1S/C4H2FN3O2/c5-2-1-6-8-3(7-2)4(9)10/h1H,(H,9,10). The van der Waals surface area contributed by atoms with E-state index < -0.39 is 17.7 Å². The lowest BCUT2D eigenvalue weighted by molar-refractivity contribution is 0.0680. The first-order chi connectivity index (χ1) is 4.70. The normalized spacial score (nSPS) is 9.30. The zero-order valence-corrected chi connectivity index (χ0v) is 4.65. The Labute approximate surface area is 54.5 Å². The van der Waals surface area contributed by atoms with Gasteiger partial charge in [0.25, 0.3) is 5.82 Å². The third-order valence-electron chi connectivity index (χ3n) is 0.721. The molecule has 0 unspecified atom stereocenters. The van der Waals surface area contributed by atoms with Gasteiger partial charge in [-0.1, -0.05) is 0 Å². The Kier molecular flexibility index (Phi) is 1.53. The number of hydrogen-bond acceptors (Lipinski definition) is 4. The van der Waals surface area contributed by atoms with Crippen molar-refractivity contribution in [1.82, 2.24) is 15.2 Å². The Hall–Kier alpha value is -1.59. The summed E-state index contributed by atoms with van der Waals surface area (Å²) in [6.45, 7) is 0. The number of aromatic carboxylic acids is 1. The molecule has 0 aliphatic heterocycles. The van der Waals surface area contributed by atoms with Gasteiger partial charge in [0, 0.05) is 0 Å². The van der Waals surface area contributed by atoms with Gasteiger partial charge in [0.15, 0.2) is 0 Å². The predicted molar refractivity (Wildman–Crippen MR) is 26.7 cm³/mol. The number of carboxylic acids is 1. The molecule has 0 aliphatic carbocycles. The molecule has 52 valence electrons. The van der Waals surface area contributed by atoms with E-state index in [0.717, 1.165) is 6.20 Å². The van der Waals surface area contributed by atoms with Crippen molar-refractivity contribution in [2.45, 2.75) is 0 Å². The van der Waals surface area contributed by atoms with Gasteiger partial charge in [-0.2, -0.15) is 14.5 Å². The Morgan fingerprint density at radius 2 is 2.40 bits per heavy atom. The van der Waals surface area contributed by atoms with Gasteiger partial charge in [-0.05, 0) is 0 Å². The molecule has 0 saturated carbocycles. The second-order valence-electron chi connectivity index (χ2n) is 1.41. The number of halogens is 1. The fourth-order valence-corrected chi connectivity index (χ4v) is 0.374. The molecular formula is C4H2FN3O2. The van der Waals surface area contributed by atoms with Crippen LogP contribution in [0.4, 0.5) is 4.39 Å². The molecule has 0 amide bonds. The Morgan fingerprint density at radius 3 is 2.80 bits per heavy atom. The number of rotatable bonds is 1. The van der Waals surface area contributed by atoms with Crippen LogP contribution in [0.25, 0.3) is 0 Å². The Morgan fingerprint density at radius 1 is 1.70 bits per heavy atom. The lowest BCUT2D eigenvalue weighted by Gasteiger charge is -1.87. The van der Waals surface area contributed by atoms with Crippen LogP contribution in [0.1, 0.15) is 10.6 Å². The van der Waals surface area contributed by atoms with E-state index in [1.807, 2.05) is 0 Å². The maximum absolute atomic E-state index is 12.1. The maximum Gasteiger partial charge on any atom is 0.375 e. The van der Waals surface area contributed by atoms with Crippen LogP contribution in [0, 0.1) is 5.95 Å². The van der Waals surface area contributed by atoms with Crippen molar-refractivity contribution in [3.05, 3.63) is 18.0 Å². The number of carbonyl (C=O) groups is 1. The molecule has 0 atom stereocenters. The molecule has 0 saturated heterocycles. The quantitative estimate of drug-likeness (QED) is 0.584. The third kappa shape index (κ3) is 1.22. The number of hydrogen-bond donors (Lipinski definition) is 1. The molecule has 5 nitrogen and oxygen atoms in total. The van der Waals surface area contributed by atoms with E-state index in [-0.39, 0.29) is 0 Å². The molecule has 6 heteroatoms. The minimum Gasteiger partial charge on any atom is -0.475 e. The van der Waals surface area contributed by atoms with Crippen molar-refractivity contribution in [2.75, 3.05) is 0 Å². The summed E-state index contributed by atoms with van der Waals surface area (Å²) in [5, 5.41) is 14.3. The molecule has 0 aliphatic rings. The van der Waals surface area contributed by atoms with Gasteiger partial charge in [-0.15, -0.1) is 5.10 Å². The molecule has 0 spiro atoms. The molecule has 1 aromatic heterocycles. The molecule has 1 aromatic rings. The van der Waals surface area contributed by atoms with Crippen LogP contribution in [0.3, 0.4) is 0 Å². The Balaban J connectivity index is 3.07. The topological polar surface area (TPSA) is 76.0 Å². The summed E-state index contributed by atoms with van der Waals surface area (Å²) in [7, 11) is 0. The zero-order chi connectivity index (χ0) is 7.56. The molecule has 0 aromatic carbocycles. The van der Waals surface area contributed by atoms with Crippen molar-refractivity contribution < 1.29 is 14.3 Å². The van der Waals surface area contributed by atoms with Crippen LogP contribution in [-0.4, -0.2) is 26.3 Å². The average molecular weight is 143 g/mol. The highest BCUT2D eigenvalue weighted by Crippen LogP contribution is 1.88. The second kappa shape index (κ2) is 2.34. The first-order valence-corrected chi connectivity index (χ1v) is 2.28. The fraction of sp³-hybridized carbons (Fsp3) is 0. The van der Waals surface area contributed by atoms with E-state index in [1.165, 1.54) is 0 Å². The van der Waals surface area contributed by atoms with Gasteiger partial charge in [0.2, 0.25) is 5.95 Å². The monoisotopic (exact) mass is 143 g/mol. The highest BCUT2D eigenvalue weighted by Gasteiger charge is 2.06. The van der Waals surface area contributed by atoms with Gasteiger partial charge in [0.05, 0.1) is 0 Å². The summed E-state index contributed by atoms with van der Waals surface area (Å²) in [6, 6.07) is 0. The lowest BCUT2D eigenvalue weighted by Crippen LogP contribution is -2.06. The largest absolute Gasteiger partial charge is 0.475 e. The van der Waals surface area contributed by atoms with Crippen molar-refractivity contribution in [3.63, 3.8) is 0 Å². The molecule has 0 fully saturated rings. The molecular weight excluding hydrogens is 141 g/mol. The SMILES string of the molecule is O=C(O)c1nncc(F)n1. The van der Waals surface area contributed by atoms with Crippen LogP contribution in [0.2, 0.25) is 0 Å². The summed E-state index contributed by atoms with van der Waals surface area (Å²) < 4.78 is 12.1. The highest BCUT2D eigenvalue weighted by atomic mass is 19.1. The van der Waals surface area contributed by atoms with Crippen molar-refractivity contribution in [3.8, 4) is 0 Å². The van der Waals surface area contributed by atoms with E-state index in [2.05, 4.69) is 15.2 Å². The van der Waals surface area contributed by atoms with Gasteiger partial charge >= 0.3 is 5.97 Å². The van der Waals surface area contributed by atoms with E-state index >= 15 is 0 Å². The van der Waals surface area contributed by atoms with E-state index in [9.17, 15) is 9.18 Å². The number of aromatic nitrogens is 3. The van der Waals surface area contributed by atoms with Crippen LogP contribution >= 0.6 is 0 Å². The van der Waals surface area contributed by atoms with E-state index in [0.29, 0.717) is 0 Å². The van der Waals surface area contributed by atoms with Crippen LogP contribution in [0.15, 0.2) is 6.20 Å². The molecule has 0 bridgehead atoms. The van der Waals surface area contributed by atoms with Gasteiger partial charge in [0.1, 0.15) is 6.20 Å². The number of carboxylic acid groups (broad SMARTS) is 1. The first kappa shape index (κ1) is 6.53. The summed E-state index contributed by atoms with van der Waals surface area (Å²) in [4.78, 5) is 13.0. The maximum atomic E-state index is 12.1. The van der Waals surface area contributed by atoms with Gasteiger partial charge in [-0.3, -0.25) is 0 Å². The third-order valence-corrected chi connectivity index (χ3v) is 0.721. The number of nitrogens with zero attached hydrogens (tertiary/aromatic N) is 3. The van der Waals surface area contributed by atoms with Crippen LogP contribution < -0.4 is 0 Å². The van der Waals surface area contributed by atoms with Crippen molar-refractivity contribution in [2.24, 2.45) is 0 Å². The van der Waals surface area contributed by atoms with E-state index in [1.54, 1.807) is 0 Å². The smallest absolute Gasteiger partial charge is 0.375 e. The summed E-state index contributed by atoms with van der Waals surface area (Å²) in [5.74, 6) is -2.99. The highest BCUT2D eigenvalue weighted by molar-refractivity contribution is 5.82. The zero-order valence-electron chi connectivity index (χ0n) is 4.65. The predicted octanol–water partition coefficient (Wildman–Crippen LogP) is -0.291. The van der Waals surface area contributed by atoms with Gasteiger partial charge in [-0.25, -0.2) is 4.79 Å². The summed E-state index contributed by atoms with van der Waals surface area (Å²) in [6.07, 6.45) is 0.729. The van der Waals surface area contributed by atoms with E-state index in [4.69, 9.17) is 5.11 Å². The van der Waals surface area contributed by atoms with Crippen molar-refractivity contribution in [1.29, 1.82) is 0 Å². The summed E-state index contributed by atoms with van der Waals surface area (Å²) >= 11 is 0. The summed E-state index contributed by atoms with van der Waals surface area (Å²) in [5.41, 5.74) is 0. The lowest BCUT2D eigenvalue weighted by atomic mass is 10.6. The van der Waals surface area contributed by atoms with Gasteiger partial charge < -0.3 is 5.11 Å². The van der Waals surface area contributed by atoms with Crippen LogP contribution in [-0.2, 0) is 0 Å². The first-order valence-electron chi connectivity index (χ1n) is 2.28. The molecule has 1 rings (SSSR count). The second-order valence-corrected chi connectivity index (χ2v) is 1.41. The fourth-order valence-electron chi connectivity index (χ4n) is 0.374. The average Bonchev–Trinajstić information content (AvgIpc) is 1.88. The Bertz CT molecular complexity index is 264. The van der Waals surface area contributed by atoms with Crippen molar-refractivity contribution >= 4 is 5.97 Å². The minimum absolute atomic E-state index is 0.639. The molecule has 10 heavy (non-hydrogen) atoms. The van der Waals surface area contributed by atoms with Crippen LogP contribution in [0.5, 0.6) is 0 Å². The molecule has 1 N–H and O–H groups in total. The minimum atomic E-state index is -1.40.